The summed E-state index contributed by atoms with van der Waals surface area (Å²) < 4.78 is 10.9. The molecule has 0 atom stereocenters. The van der Waals surface area contributed by atoms with Crippen LogP contribution in [0.4, 0.5) is 11.4 Å². The fraction of sp³-hybridized carbons (Fsp3) is 0.0625. The minimum Gasteiger partial charge on any atom is -0.454 e. The number of ether oxygens (including phenoxy) is 2. The second-order valence-corrected chi connectivity index (χ2v) is 4.54. The molecule has 0 fully saturated rings. The highest BCUT2D eigenvalue weighted by molar-refractivity contribution is 5.93. The molecule has 0 unspecified atom stereocenters. The van der Waals surface area contributed by atoms with E-state index >= 15 is 0 Å². The minimum absolute atomic E-state index is 0.269. The molecule has 0 saturated carbocycles. The Morgan fingerprint density at radius 3 is 2.85 bits per heavy atom. The summed E-state index contributed by atoms with van der Waals surface area (Å²) >= 11 is 0. The molecule has 0 bridgehead atoms. The number of anilines is 2. The van der Waals surface area contributed by atoms with Gasteiger partial charge >= 0.3 is 0 Å². The van der Waals surface area contributed by atoms with Gasteiger partial charge in [0.05, 0.1) is 11.2 Å². The third-order valence-electron chi connectivity index (χ3n) is 3.31. The SMILES string of the molecule is c1cc(Nc2ccnc3ccccc23)c2c(c1)OCO2. The zero-order valence-corrected chi connectivity index (χ0v) is 10.7. The topological polar surface area (TPSA) is 43.4 Å². The first-order chi connectivity index (χ1) is 9.92. The molecule has 98 valence electrons. The van der Waals surface area contributed by atoms with Crippen LogP contribution in [-0.4, -0.2) is 11.8 Å². The fourth-order valence-corrected chi connectivity index (χ4v) is 2.38. The Balaban J connectivity index is 1.81. The van der Waals surface area contributed by atoms with Crippen LogP contribution in [-0.2, 0) is 0 Å². The standard InChI is InChI=1S/C16H12N2O2/c1-2-5-12-11(4-1)13(8-9-17-12)18-14-6-3-7-15-16(14)20-10-19-15/h1-9H,10H2,(H,17,18). The molecule has 0 aliphatic carbocycles. The Morgan fingerprint density at radius 1 is 0.900 bits per heavy atom. The van der Waals surface area contributed by atoms with Crippen molar-refractivity contribution in [3.05, 3.63) is 54.7 Å². The van der Waals surface area contributed by atoms with Gasteiger partial charge in [-0.05, 0) is 24.3 Å². The maximum absolute atomic E-state index is 5.51. The summed E-state index contributed by atoms with van der Waals surface area (Å²) in [6, 6.07) is 15.8. The van der Waals surface area contributed by atoms with Crippen LogP contribution in [0.25, 0.3) is 10.9 Å². The minimum atomic E-state index is 0.269. The van der Waals surface area contributed by atoms with E-state index in [0.29, 0.717) is 0 Å². The summed E-state index contributed by atoms with van der Waals surface area (Å²) in [5.41, 5.74) is 2.86. The molecule has 4 rings (SSSR count). The van der Waals surface area contributed by atoms with Gasteiger partial charge in [0, 0.05) is 17.3 Å². The van der Waals surface area contributed by atoms with Crippen molar-refractivity contribution in [1.82, 2.24) is 4.98 Å². The van der Waals surface area contributed by atoms with Crippen molar-refractivity contribution < 1.29 is 9.47 Å². The summed E-state index contributed by atoms with van der Waals surface area (Å²) in [6.07, 6.45) is 1.80. The first-order valence-electron chi connectivity index (χ1n) is 6.41. The lowest BCUT2D eigenvalue weighted by Crippen LogP contribution is -1.96. The molecule has 2 aromatic carbocycles. The van der Waals surface area contributed by atoms with Gasteiger partial charge in [0.15, 0.2) is 11.5 Å². The van der Waals surface area contributed by atoms with E-state index in [1.165, 1.54) is 0 Å². The number of aromatic nitrogens is 1. The van der Waals surface area contributed by atoms with Crippen LogP contribution < -0.4 is 14.8 Å². The molecule has 0 amide bonds. The Labute approximate surface area is 116 Å². The maximum Gasteiger partial charge on any atom is 0.231 e. The van der Waals surface area contributed by atoms with E-state index in [-0.39, 0.29) is 6.79 Å². The molecular weight excluding hydrogens is 252 g/mol. The van der Waals surface area contributed by atoms with Gasteiger partial charge in [0.2, 0.25) is 6.79 Å². The monoisotopic (exact) mass is 264 g/mol. The van der Waals surface area contributed by atoms with Crippen molar-refractivity contribution in [3.63, 3.8) is 0 Å². The lowest BCUT2D eigenvalue weighted by molar-refractivity contribution is 0.174. The van der Waals surface area contributed by atoms with E-state index in [1.54, 1.807) is 6.20 Å². The molecule has 1 N–H and O–H groups in total. The van der Waals surface area contributed by atoms with E-state index in [0.717, 1.165) is 33.8 Å². The number of para-hydroxylation sites is 2. The lowest BCUT2D eigenvalue weighted by Gasteiger charge is -2.11. The number of benzene rings is 2. The van der Waals surface area contributed by atoms with Crippen LogP contribution in [0.5, 0.6) is 11.5 Å². The highest BCUT2D eigenvalue weighted by Crippen LogP contribution is 2.40. The van der Waals surface area contributed by atoms with Crippen molar-refractivity contribution in [1.29, 1.82) is 0 Å². The fourth-order valence-electron chi connectivity index (χ4n) is 2.38. The lowest BCUT2D eigenvalue weighted by atomic mass is 10.1. The predicted octanol–water partition coefficient (Wildman–Crippen LogP) is 3.71. The number of hydrogen-bond donors (Lipinski definition) is 1. The number of nitrogens with zero attached hydrogens (tertiary/aromatic N) is 1. The molecule has 20 heavy (non-hydrogen) atoms. The van der Waals surface area contributed by atoms with Crippen molar-refractivity contribution in [2.24, 2.45) is 0 Å². The molecule has 2 heterocycles. The summed E-state index contributed by atoms with van der Waals surface area (Å²) in [7, 11) is 0. The van der Waals surface area contributed by atoms with Crippen molar-refractivity contribution >= 4 is 22.3 Å². The van der Waals surface area contributed by atoms with Crippen LogP contribution in [0, 0.1) is 0 Å². The van der Waals surface area contributed by atoms with Gasteiger partial charge < -0.3 is 14.8 Å². The first kappa shape index (κ1) is 11.1. The van der Waals surface area contributed by atoms with E-state index < -0.39 is 0 Å². The van der Waals surface area contributed by atoms with Crippen molar-refractivity contribution in [2.75, 3.05) is 12.1 Å². The van der Waals surface area contributed by atoms with Crippen molar-refractivity contribution in [3.8, 4) is 11.5 Å². The molecular formula is C16H12N2O2. The molecule has 0 spiro atoms. The first-order valence-corrected chi connectivity index (χ1v) is 6.41. The van der Waals surface area contributed by atoms with Crippen LogP contribution in [0.1, 0.15) is 0 Å². The average Bonchev–Trinajstić information content (AvgIpc) is 2.97. The van der Waals surface area contributed by atoms with Gasteiger partial charge in [0.1, 0.15) is 0 Å². The zero-order chi connectivity index (χ0) is 13.4. The summed E-state index contributed by atoms with van der Waals surface area (Å²) in [4.78, 5) is 4.36. The van der Waals surface area contributed by atoms with Crippen LogP contribution in [0.15, 0.2) is 54.7 Å². The Kier molecular flexibility index (Phi) is 2.45. The van der Waals surface area contributed by atoms with Crippen LogP contribution >= 0.6 is 0 Å². The van der Waals surface area contributed by atoms with Gasteiger partial charge in [-0.3, -0.25) is 4.98 Å². The number of rotatable bonds is 2. The van der Waals surface area contributed by atoms with Gasteiger partial charge in [-0.15, -0.1) is 0 Å². The maximum atomic E-state index is 5.51. The third kappa shape index (κ3) is 1.73. The van der Waals surface area contributed by atoms with Gasteiger partial charge in [-0.1, -0.05) is 24.3 Å². The largest absolute Gasteiger partial charge is 0.454 e. The Hall–Kier alpha value is -2.75. The summed E-state index contributed by atoms with van der Waals surface area (Å²) in [5.74, 6) is 1.53. The molecule has 4 nitrogen and oxygen atoms in total. The molecule has 1 aliphatic heterocycles. The quantitative estimate of drug-likeness (QED) is 0.766. The molecule has 1 aliphatic rings. The number of pyridine rings is 1. The molecule has 4 heteroatoms. The second kappa shape index (κ2) is 4.42. The van der Waals surface area contributed by atoms with E-state index in [2.05, 4.69) is 10.3 Å². The van der Waals surface area contributed by atoms with E-state index in [9.17, 15) is 0 Å². The van der Waals surface area contributed by atoms with Crippen molar-refractivity contribution in [2.45, 2.75) is 0 Å². The highest BCUT2D eigenvalue weighted by atomic mass is 16.7. The van der Waals surface area contributed by atoms with E-state index in [4.69, 9.17) is 9.47 Å². The number of fused-ring (bicyclic) bond motifs is 2. The predicted molar refractivity (Wildman–Crippen MR) is 77.6 cm³/mol. The molecule has 1 aromatic heterocycles. The number of hydrogen-bond acceptors (Lipinski definition) is 4. The number of nitrogens with one attached hydrogen (secondary N) is 1. The Morgan fingerprint density at radius 2 is 1.85 bits per heavy atom. The smallest absolute Gasteiger partial charge is 0.231 e. The normalized spacial score (nSPS) is 12.6. The molecule has 0 radical (unpaired) electrons. The van der Waals surface area contributed by atoms with Crippen LogP contribution in [0.2, 0.25) is 0 Å². The van der Waals surface area contributed by atoms with Gasteiger partial charge in [0.25, 0.3) is 0 Å². The summed E-state index contributed by atoms with van der Waals surface area (Å²) in [5, 5.41) is 4.48. The second-order valence-electron chi connectivity index (χ2n) is 4.54. The molecule has 3 aromatic rings. The van der Waals surface area contributed by atoms with Crippen LogP contribution in [0.3, 0.4) is 0 Å². The third-order valence-corrected chi connectivity index (χ3v) is 3.31. The van der Waals surface area contributed by atoms with E-state index in [1.807, 2.05) is 48.5 Å². The average molecular weight is 264 g/mol. The molecule has 0 saturated heterocycles. The van der Waals surface area contributed by atoms with Gasteiger partial charge in [-0.2, -0.15) is 0 Å². The zero-order valence-electron chi connectivity index (χ0n) is 10.7. The summed E-state index contributed by atoms with van der Waals surface area (Å²) in [6.45, 7) is 0.269. The Bertz CT molecular complexity index is 781. The van der Waals surface area contributed by atoms with Gasteiger partial charge in [-0.25, -0.2) is 0 Å². The highest BCUT2D eigenvalue weighted by Gasteiger charge is 2.17.